The van der Waals surface area contributed by atoms with Gasteiger partial charge in [0.15, 0.2) is 6.10 Å². The monoisotopic (exact) mass is 511 g/mol. The molecule has 1 aliphatic rings. The Labute approximate surface area is 209 Å². The molecule has 0 aromatic heterocycles. The number of rotatable bonds is 8. The van der Waals surface area contributed by atoms with Crippen LogP contribution in [0, 0.1) is 5.82 Å². The summed E-state index contributed by atoms with van der Waals surface area (Å²) in [7, 11) is -3.68. The number of hydrogen-bond acceptors (Lipinski definition) is 5. The number of benzene rings is 3. The van der Waals surface area contributed by atoms with Gasteiger partial charge in [0.25, 0.3) is 5.91 Å². The van der Waals surface area contributed by atoms with E-state index in [0.717, 1.165) is 11.8 Å². The summed E-state index contributed by atoms with van der Waals surface area (Å²) in [4.78, 5) is 27.8. The number of nitrogens with one attached hydrogen (secondary N) is 2. The molecule has 0 aliphatic carbocycles. The number of hydrogen-bond donors (Lipinski definition) is 2. The molecule has 2 atom stereocenters. The summed E-state index contributed by atoms with van der Waals surface area (Å²) in [5, 5.41) is 2.83. The zero-order valence-electron chi connectivity index (χ0n) is 19.6. The smallest absolute Gasteiger partial charge is 0.263 e. The first-order valence-electron chi connectivity index (χ1n) is 11.3. The van der Waals surface area contributed by atoms with Crippen molar-refractivity contribution in [2.45, 2.75) is 25.1 Å². The molecule has 2 N–H and O–H groups in total. The van der Waals surface area contributed by atoms with Gasteiger partial charge in [-0.05, 0) is 35.4 Å². The van der Waals surface area contributed by atoms with E-state index in [2.05, 4.69) is 10.0 Å². The van der Waals surface area contributed by atoms with Gasteiger partial charge in [-0.2, -0.15) is 0 Å². The van der Waals surface area contributed by atoms with Gasteiger partial charge >= 0.3 is 0 Å². The summed E-state index contributed by atoms with van der Waals surface area (Å²) < 4.78 is 45.7. The third kappa shape index (κ3) is 6.46. The number of sulfonamides is 1. The minimum Gasteiger partial charge on any atom is -0.477 e. The molecule has 0 bridgehead atoms. The van der Waals surface area contributed by atoms with Crippen LogP contribution < -0.4 is 19.7 Å². The molecule has 0 radical (unpaired) electrons. The van der Waals surface area contributed by atoms with E-state index in [-0.39, 0.29) is 18.9 Å². The summed E-state index contributed by atoms with van der Waals surface area (Å²) in [5.41, 5.74) is 1.84. The predicted molar refractivity (Wildman–Crippen MR) is 133 cm³/mol. The van der Waals surface area contributed by atoms with Crippen molar-refractivity contribution in [1.29, 1.82) is 0 Å². The van der Waals surface area contributed by atoms with Gasteiger partial charge < -0.3 is 15.0 Å². The summed E-state index contributed by atoms with van der Waals surface area (Å²) in [6.07, 6.45) is -0.212. The first-order valence-corrected chi connectivity index (χ1v) is 13.2. The Hall–Kier alpha value is -3.76. The molecule has 3 aromatic carbocycles. The van der Waals surface area contributed by atoms with E-state index in [4.69, 9.17) is 4.74 Å². The van der Waals surface area contributed by atoms with Crippen molar-refractivity contribution >= 4 is 27.5 Å². The molecule has 4 rings (SSSR count). The van der Waals surface area contributed by atoms with Crippen molar-refractivity contribution < 1.29 is 27.1 Å². The number of anilines is 1. The zero-order chi connectivity index (χ0) is 25.7. The van der Waals surface area contributed by atoms with Crippen LogP contribution in [-0.2, 0) is 26.2 Å². The fourth-order valence-electron chi connectivity index (χ4n) is 3.97. The predicted octanol–water partition coefficient (Wildman–Crippen LogP) is 2.92. The molecule has 0 unspecified atom stereocenters. The second-order valence-corrected chi connectivity index (χ2v) is 10.3. The topological polar surface area (TPSA) is 105 Å². The molecule has 2 amide bonds. The minimum atomic E-state index is -3.68. The van der Waals surface area contributed by atoms with Crippen molar-refractivity contribution in [2.75, 3.05) is 17.7 Å². The van der Waals surface area contributed by atoms with E-state index in [1.807, 2.05) is 30.3 Å². The number of halogens is 1. The van der Waals surface area contributed by atoms with Crippen molar-refractivity contribution in [3.8, 4) is 5.75 Å². The lowest BCUT2D eigenvalue weighted by atomic mass is 10.0. The van der Waals surface area contributed by atoms with Crippen molar-refractivity contribution in [2.24, 2.45) is 0 Å². The molecule has 0 saturated carbocycles. The summed E-state index contributed by atoms with van der Waals surface area (Å²) in [6.45, 7) is 0.255. The van der Waals surface area contributed by atoms with Gasteiger partial charge in [-0.3, -0.25) is 9.59 Å². The second-order valence-electron chi connectivity index (χ2n) is 8.48. The number of carbonyl (C=O) groups excluding carboxylic acids is 2. The summed E-state index contributed by atoms with van der Waals surface area (Å²) in [6, 6.07) is 20.6. The van der Waals surface area contributed by atoms with Gasteiger partial charge in [0, 0.05) is 13.0 Å². The highest BCUT2D eigenvalue weighted by atomic mass is 32.2. The maximum atomic E-state index is 13.5. The van der Waals surface area contributed by atoms with Crippen molar-refractivity contribution in [3.63, 3.8) is 0 Å². The third-order valence-corrected chi connectivity index (χ3v) is 6.40. The number of amides is 2. The molecular weight excluding hydrogens is 485 g/mol. The average Bonchev–Trinajstić information content (AvgIpc) is 2.86. The Morgan fingerprint density at radius 3 is 2.39 bits per heavy atom. The number of fused-ring (bicyclic) bond motifs is 1. The Bertz CT molecular complexity index is 1330. The van der Waals surface area contributed by atoms with E-state index in [0.29, 0.717) is 23.5 Å². The lowest BCUT2D eigenvalue weighted by Gasteiger charge is -2.35. The number of nitrogens with zero attached hydrogens (tertiary/aromatic N) is 1. The SMILES string of the molecule is CS(=O)(=O)N[C@H](CC(=O)N1C[C@H](C(=O)NCc2ccccc2)Oc2ccccc21)c1ccc(F)cc1. The fourth-order valence-corrected chi connectivity index (χ4v) is 4.71. The van der Waals surface area contributed by atoms with Crippen LogP contribution in [0.5, 0.6) is 5.75 Å². The van der Waals surface area contributed by atoms with Crippen LogP contribution in [-0.4, -0.2) is 39.1 Å². The van der Waals surface area contributed by atoms with Crippen LogP contribution >= 0.6 is 0 Å². The molecule has 1 aliphatic heterocycles. The van der Waals surface area contributed by atoms with Crippen molar-refractivity contribution in [3.05, 3.63) is 95.8 Å². The van der Waals surface area contributed by atoms with Crippen LogP contribution in [0.4, 0.5) is 10.1 Å². The molecule has 188 valence electrons. The maximum Gasteiger partial charge on any atom is 0.263 e. The number of ether oxygens (including phenoxy) is 1. The Balaban J connectivity index is 1.54. The largest absolute Gasteiger partial charge is 0.477 e. The molecule has 0 spiro atoms. The quantitative estimate of drug-likeness (QED) is 0.484. The molecule has 0 saturated heterocycles. The van der Waals surface area contributed by atoms with E-state index >= 15 is 0 Å². The first-order chi connectivity index (χ1) is 17.2. The zero-order valence-corrected chi connectivity index (χ0v) is 20.4. The molecule has 0 fully saturated rings. The Kier molecular flexibility index (Phi) is 7.66. The first kappa shape index (κ1) is 25.3. The molecule has 1 heterocycles. The van der Waals surface area contributed by atoms with Crippen LogP contribution in [0.25, 0.3) is 0 Å². The fraction of sp³-hybridized carbons (Fsp3) is 0.231. The van der Waals surface area contributed by atoms with Gasteiger partial charge in [0.2, 0.25) is 15.9 Å². The normalized spacial score (nSPS) is 15.9. The Morgan fingerprint density at radius 1 is 1.03 bits per heavy atom. The Morgan fingerprint density at radius 2 is 1.69 bits per heavy atom. The summed E-state index contributed by atoms with van der Waals surface area (Å²) >= 11 is 0. The van der Waals surface area contributed by atoms with E-state index in [1.165, 1.54) is 29.2 Å². The van der Waals surface area contributed by atoms with Crippen molar-refractivity contribution in [1.82, 2.24) is 10.0 Å². The van der Waals surface area contributed by atoms with Gasteiger partial charge in [0.1, 0.15) is 11.6 Å². The third-order valence-electron chi connectivity index (χ3n) is 5.68. The lowest BCUT2D eigenvalue weighted by Crippen LogP contribution is -2.51. The highest BCUT2D eigenvalue weighted by molar-refractivity contribution is 7.88. The molecule has 8 nitrogen and oxygen atoms in total. The maximum absolute atomic E-state index is 13.5. The van der Waals surface area contributed by atoms with Crippen LogP contribution in [0.2, 0.25) is 0 Å². The highest BCUT2D eigenvalue weighted by Gasteiger charge is 2.35. The van der Waals surface area contributed by atoms with Crippen LogP contribution in [0.1, 0.15) is 23.6 Å². The summed E-state index contributed by atoms with van der Waals surface area (Å²) in [5.74, 6) is -0.909. The highest BCUT2D eigenvalue weighted by Crippen LogP contribution is 2.34. The van der Waals surface area contributed by atoms with Gasteiger partial charge in [0.05, 0.1) is 24.5 Å². The lowest BCUT2D eigenvalue weighted by molar-refractivity contribution is -0.128. The van der Waals surface area contributed by atoms with Gasteiger partial charge in [-0.15, -0.1) is 0 Å². The van der Waals surface area contributed by atoms with E-state index in [9.17, 15) is 22.4 Å². The second kappa shape index (κ2) is 10.9. The van der Waals surface area contributed by atoms with Gasteiger partial charge in [-0.1, -0.05) is 54.6 Å². The van der Waals surface area contributed by atoms with E-state index < -0.39 is 33.9 Å². The molecule has 3 aromatic rings. The van der Waals surface area contributed by atoms with Gasteiger partial charge in [-0.25, -0.2) is 17.5 Å². The van der Waals surface area contributed by atoms with E-state index in [1.54, 1.807) is 24.3 Å². The molecule has 36 heavy (non-hydrogen) atoms. The number of para-hydroxylation sites is 2. The average molecular weight is 512 g/mol. The van der Waals surface area contributed by atoms with Crippen LogP contribution in [0.15, 0.2) is 78.9 Å². The standard InChI is InChI=1S/C26H26FN3O5S/c1-36(33,34)29-21(19-11-13-20(27)14-12-19)15-25(31)30-17-24(35-23-10-6-5-9-22(23)30)26(32)28-16-18-7-3-2-4-8-18/h2-14,21,24,29H,15-17H2,1H3,(H,28,32)/t21-,24-/m1/s1. The van der Waals surface area contributed by atoms with Crippen LogP contribution in [0.3, 0.4) is 0 Å². The number of carbonyl (C=O) groups is 2. The molecular formula is C26H26FN3O5S. The minimum absolute atomic E-state index is 0.0501. The molecule has 10 heteroatoms.